The van der Waals surface area contributed by atoms with E-state index in [0.717, 1.165) is 17.8 Å². The second-order valence-electron chi connectivity index (χ2n) is 3.42. The maximum absolute atomic E-state index is 12.8. The van der Waals surface area contributed by atoms with E-state index in [1.807, 2.05) is 6.92 Å². The van der Waals surface area contributed by atoms with Crippen LogP contribution < -0.4 is 5.32 Å². The fraction of sp³-hybridized carbons (Fsp3) is 0.250. The first kappa shape index (κ1) is 10.8. The van der Waals surface area contributed by atoms with E-state index in [1.165, 1.54) is 18.5 Å². The minimum atomic E-state index is -0.253. The zero-order chi connectivity index (χ0) is 11.4. The normalized spacial score (nSPS) is 10.6. The van der Waals surface area contributed by atoms with Crippen molar-refractivity contribution in [1.82, 2.24) is 10.3 Å². The maximum Gasteiger partial charge on any atom is 0.181 e. The van der Waals surface area contributed by atoms with Gasteiger partial charge < -0.3 is 9.73 Å². The monoisotopic (exact) mass is 220 g/mol. The van der Waals surface area contributed by atoms with Crippen molar-refractivity contribution in [2.45, 2.75) is 13.5 Å². The van der Waals surface area contributed by atoms with E-state index in [9.17, 15) is 4.39 Å². The van der Waals surface area contributed by atoms with Crippen LogP contribution in [0.1, 0.15) is 12.6 Å². The van der Waals surface area contributed by atoms with E-state index in [4.69, 9.17) is 4.42 Å². The average Bonchev–Trinajstić information content (AvgIpc) is 2.75. The first-order valence-electron chi connectivity index (χ1n) is 5.20. The summed E-state index contributed by atoms with van der Waals surface area (Å²) >= 11 is 0. The summed E-state index contributed by atoms with van der Waals surface area (Å²) < 4.78 is 18.1. The third kappa shape index (κ3) is 2.28. The Bertz CT molecular complexity index is 450. The summed E-state index contributed by atoms with van der Waals surface area (Å²) in [5.74, 6) is 0.442. The summed E-state index contributed by atoms with van der Waals surface area (Å²) in [5.41, 5.74) is 1.68. The minimum absolute atomic E-state index is 0.253. The van der Waals surface area contributed by atoms with Gasteiger partial charge in [0.05, 0.1) is 0 Å². The Morgan fingerprint density at radius 3 is 2.75 bits per heavy atom. The summed E-state index contributed by atoms with van der Waals surface area (Å²) in [4.78, 5) is 4.13. The molecule has 0 unspecified atom stereocenters. The number of halogens is 1. The highest BCUT2D eigenvalue weighted by Crippen LogP contribution is 2.23. The molecule has 0 saturated heterocycles. The molecule has 2 rings (SSSR count). The van der Waals surface area contributed by atoms with Crippen LogP contribution in [0.25, 0.3) is 11.3 Å². The van der Waals surface area contributed by atoms with Gasteiger partial charge >= 0.3 is 0 Å². The number of nitrogens with zero attached hydrogens (tertiary/aromatic N) is 1. The lowest BCUT2D eigenvalue weighted by atomic mass is 10.1. The lowest BCUT2D eigenvalue weighted by molar-refractivity contribution is 0.569. The van der Waals surface area contributed by atoms with Crippen molar-refractivity contribution in [2.75, 3.05) is 6.54 Å². The van der Waals surface area contributed by atoms with Crippen molar-refractivity contribution >= 4 is 0 Å². The Labute approximate surface area is 93.3 Å². The molecule has 0 saturated carbocycles. The van der Waals surface area contributed by atoms with Crippen molar-refractivity contribution in [3.8, 4) is 11.3 Å². The number of nitrogens with one attached hydrogen (secondary N) is 1. The van der Waals surface area contributed by atoms with E-state index in [1.54, 1.807) is 12.1 Å². The van der Waals surface area contributed by atoms with Crippen LogP contribution in [-0.4, -0.2) is 11.5 Å². The molecule has 0 aliphatic rings. The van der Waals surface area contributed by atoms with Crippen LogP contribution >= 0.6 is 0 Å². The van der Waals surface area contributed by atoms with Gasteiger partial charge in [0.1, 0.15) is 11.5 Å². The second kappa shape index (κ2) is 4.90. The SMILES string of the molecule is CCNCc1ncoc1-c1ccc(F)cc1. The highest BCUT2D eigenvalue weighted by molar-refractivity contribution is 5.59. The van der Waals surface area contributed by atoms with Crippen molar-refractivity contribution in [3.63, 3.8) is 0 Å². The number of rotatable bonds is 4. The second-order valence-corrected chi connectivity index (χ2v) is 3.42. The van der Waals surface area contributed by atoms with Gasteiger partial charge in [-0.2, -0.15) is 0 Å². The number of oxazole rings is 1. The summed E-state index contributed by atoms with van der Waals surface area (Å²) in [6, 6.07) is 6.19. The molecule has 0 radical (unpaired) electrons. The highest BCUT2D eigenvalue weighted by atomic mass is 19.1. The topological polar surface area (TPSA) is 38.1 Å². The van der Waals surface area contributed by atoms with E-state index in [2.05, 4.69) is 10.3 Å². The van der Waals surface area contributed by atoms with Crippen molar-refractivity contribution in [3.05, 3.63) is 42.2 Å². The molecule has 1 aromatic heterocycles. The predicted molar refractivity (Wildman–Crippen MR) is 59.3 cm³/mol. The van der Waals surface area contributed by atoms with Gasteiger partial charge in [-0.15, -0.1) is 0 Å². The summed E-state index contributed by atoms with van der Waals surface area (Å²) in [6.07, 6.45) is 1.41. The molecule has 0 amide bonds. The van der Waals surface area contributed by atoms with Crippen LogP contribution in [0.2, 0.25) is 0 Å². The standard InChI is InChI=1S/C12H13FN2O/c1-2-14-7-11-12(16-8-15-11)9-3-5-10(13)6-4-9/h3-6,8,14H,2,7H2,1H3. The van der Waals surface area contributed by atoms with Gasteiger partial charge in [-0.05, 0) is 30.8 Å². The third-order valence-electron chi connectivity index (χ3n) is 2.29. The zero-order valence-corrected chi connectivity index (χ0v) is 9.03. The Morgan fingerprint density at radius 2 is 2.06 bits per heavy atom. The Hall–Kier alpha value is -1.68. The summed E-state index contributed by atoms with van der Waals surface area (Å²) in [5, 5.41) is 3.18. The number of aromatic nitrogens is 1. The van der Waals surface area contributed by atoms with Crippen molar-refractivity contribution in [1.29, 1.82) is 0 Å². The molecule has 1 aromatic carbocycles. The summed E-state index contributed by atoms with van der Waals surface area (Å²) in [7, 11) is 0. The van der Waals surface area contributed by atoms with Gasteiger partial charge in [0.2, 0.25) is 0 Å². The minimum Gasteiger partial charge on any atom is -0.443 e. The van der Waals surface area contributed by atoms with Crippen LogP contribution in [0.5, 0.6) is 0 Å². The van der Waals surface area contributed by atoms with E-state index < -0.39 is 0 Å². The van der Waals surface area contributed by atoms with E-state index >= 15 is 0 Å². The van der Waals surface area contributed by atoms with Crippen LogP contribution in [0.15, 0.2) is 35.1 Å². The van der Waals surface area contributed by atoms with E-state index in [0.29, 0.717) is 12.3 Å². The van der Waals surface area contributed by atoms with Gasteiger partial charge in [0.25, 0.3) is 0 Å². The molecule has 2 aromatic rings. The lowest BCUT2D eigenvalue weighted by Crippen LogP contribution is -2.12. The fourth-order valence-electron chi connectivity index (χ4n) is 1.47. The molecule has 16 heavy (non-hydrogen) atoms. The maximum atomic E-state index is 12.8. The van der Waals surface area contributed by atoms with Crippen LogP contribution in [0, 0.1) is 5.82 Å². The smallest absolute Gasteiger partial charge is 0.181 e. The van der Waals surface area contributed by atoms with Gasteiger partial charge in [0.15, 0.2) is 12.2 Å². The average molecular weight is 220 g/mol. The molecule has 0 bridgehead atoms. The van der Waals surface area contributed by atoms with E-state index in [-0.39, 0.29) is 5.82 Å². The van der Waals surface area contributed by atoms with Crippen LogP contribution in [-0.2, 0) is 6.54 Å². The Kier molecular flexibility index (Phi) is 3.31. The van der Waals surface area contributed by atoms with Gasteiger partial charge in [-0.1, -0.05) is 6.92 Å². The van der Waals surface area contributed by atoms with Crippen LogP contribution in [0.3, 0.4) is 0 Å². The molecule has 0 aliphatic heterocycles. The molecule has 0 atom stereocenters. The highest BCUT2D eigenvalue weighted by Gasteiger charge is 2.09. The Morgan fingerprint density at radius 1 is 1.31 bits per heavy atom. The number of hydrogen-bond donors (Lipinski definition) is 1. The Balaban J connectivity index is 2.26. The molecule has 4 heteroatoms. The molecule has 84 valence electrons. The molecule has 0 spiro atoms. The first-order chi connectivity index (χ1) is 7.81. The molecular formula is C12H13FN2O. The fourth-order valence-corrected chi connectivity index (χ4v) is 1.47. The molecule has 3 nitrogen and oxygen atoms in total. The van der Waals surface area contributed by atoms with Gasteiger partial charge in [0, 0.05) is 12.1 Å². The zero-order valence-electron chi connectivity index (χ0n) is 9.03. The number of hydrogen-bond acceptors (Lipinski definition) is 3. The summed E-state index contributed by atoms with van der Waals surface area (Å²) in [6.45, 7) is 3.55. The molecule has 0 aliphatic carbocycles. The molecular weight excluding hydrogens is 207 g/mol. The van der Waals surface area contributed by atoms with Gasteiger partial charge in [-0.3, -0.25) is 0 Å². The lowest BCUT2D eigenvalue weighted by Gasteiger charge is -2.01. The largest absolute Gasteiger partial charge is 0.443 e. The van der Waals surface area contributed by atoms with Crippen LogP contribution in [0.4, 0.5) is 4.39 Å². The quantitative estimate of drug-likeness (QED) is 0.860. The first-order valence-corrected chi connectivity index (χ1v) is 5.20. The van der Waals surface area contributed by atoms with Gasteiger partial charge in [-0.25, -0.2) is 9.37 Å². The number of benzene rings is 1. The molecule has 1 N–H and O–H groups in total. The van der Waals surface area contributed by atoms with Crippen molar-refractivity contribution in [2.24, 2.45) is 0 Å². The van der Waals surface area contributed by atoms with Crippen molar-refractivity contribution < 1.29 is 8.81 Å². The predicted octanol–water partition coefficient (Wildman–Crippen LogP) is 2.59. The molecule has 1 heterocycles. The molecule has 0 fully saturated rings. The third-order valence-corrected chi connectivity index (χ3v) is 2.29.